The highest BCUT2D eigenvalue weighted by Gasteiger charge is 2.31. The molecule has 1 heterocycles. The molecule has 36 heavy (non-hydrogen) atoms. The molecule has 1 atom stereocenters. The van der Waals surface area contributed by atoms with Crippen molar-refractivity contribution in [3.63, 3.8) is 0 Å². The molecule has 4 rings (SSSR count). The van der Waals surface area contributed by atoms with E-state index in [0.29, 0.717) is 12.3 Å². The highest BCUT2D eigenvalue weighted by atomic mass is 32.1. The number of methoxy groups -OCH3 is 1. The Balaban J connectivity index is 1.69. The van der Waals surface area contributed by atoms with Gasteiger partial charge in [-0.2, -0.15) is 0 Å². The van der Waals surface area contributed by atoms with Crippen LogP contribution in [0.15, 0.2) is 96.4 Å². The number of hydrogen-bond acceptors (Lipinski definition) is 4. The minimum atomic E-state index is -0.784. The summed E-state index contributed by atoms with van der Waals surface area (Å²) in [7, 11) is 1.62. The number of thiophene rings is 1. The van der Waals surface area contributed by atoms with E-state index in [2.05, 4.69) is 5.32 Å². The molecule has 0 fully saturated rings. The summed E-state index contributed by atoms with van der Waals surface area (Å²) in [6.45, 7) is 2.66. The van der Waals surface area contributed by atoms with Gasteiger partial charge in [0.2, 0.25) is 11.8 Å². The first-order valence-electron chi connectivity index (χ1n) is 11.9. The Hall–Kier alpha value is -3.90. The molecule has 0 saturated heterocycles. The molecule has 184 valence electrons. The number of nitrogens with zero attached hydrogens (tertiary/aromatic N) is 1. The second-order valence-corrected chi connectivity index (χ2v) is 9.68. The van der Waals surface area contributed by atoms with Gasteiger partial charge in [0.25, 0.3) is 0 Å². The zero-order valence-electron chi connectivity index (χ0n) is 20.5. The molecule has 5 nitrogen and oxygen atoms in total. The maximum Gasteiger partial charge on any atom is 0.247 e. The van der Waals surface area contributed by atoms with Crippen LogP contribution >= 0.6 is 11.3 Å². The van der Waals surface area contributed by atoms with Crippen LogP contribution in [0, 0.1) is 6.92 Å². The van der Waals surface area contributed by atoms with Gasteiger partial charge in [-0.1, -0.05) is 78.4 Å². The van der Waals surface area contributed by atoms with Crippen LogP contribution < -0.4 is 10.1 Å². The second kappa shape index (κ2) is 12.2. The number of ether oxygens (including phenoxy) is 1. The number of benzene rings is 3. The van der Waals surface area contributed by atoms with Gasteiger partial charge in [-0.15, -0.1) is 11.3 Å². The standard InChI is InChI=1S/C30H30N2O3S/c1-22-13-15-25(16-14-22)29(30(34)31-20-23-8-4-3-5-9-23)32(28(33)19-27-12-7-17-36-27)21-24-10-6-11-26(18-24)35-2/h3-18,29H,19-21H2,1-2H3,(H,31,34)/t29-/m1/s1. The van der Waals surface area contributed by atoms with Crippen LogP contribution in [-0.2, 0) is 29.1 Å². The number of hydrogen-bond donors (Lipinski definition) is 1. The van der Waals surface area contributed by atoms with Crippen molar-refractivity contribution in [1.29, 1.82) is 0 Å². The molecule has 0 saturated carbocycles. The summed E-state index contributed by atoms with van der Waals surface area (Å²) in [4.78, 5) is 30.1. The van der Waals surface area contributed by atoms with E-state index >= 15 is 0 Å². The van der Waals surface area contributed by atoms with Crippen molar-refractivity contribution in [2.24, 2.45) is 0 Å². The van der Waals surface area contributed by atoms with Crippen molar-refractivity contribution >= 4 is 23.2 Å². The van der Waals surface area contributed by atoms with Crippen molar-refractivity contribution in [2.75, 3.05) is 7.11 Å². The fraction of sp³-hybridized carbons (Fsp3) is 0.200. The zero-order valence-corrected chi connectivity index (χ0v) is 21.3. The molecule has 0 spiro atoms. The third kappa shape index (κ3) is 6.61. The average Bonchev–Trinajstić information content (AvgIpc) is 3.42. The first-order chi connectivity index (χ1) is 17.5. The molecule has 1 N–H and O–H groups in total. The lowest BCUT2D eigenvalue weighted by Gasteiger charge is -2.32. The van der Waals surface area contributed by atoms with Crippen molar-refractivity contribution < 1.29 is 14.3 Å². The predicted molar refractivity (Wildman–Crippen MR) is 144 cm³/mol. The van der Waals surface area contributed by atoms with Crippen LogP contribution in [0.4, 0.5) is 0 Å². The van der Waals surface area contributed by atoms with E-state index in [9.17, 15) is 9.59 Å². The largest absolute Gasteiger partial charge is 0.497 e. The van der Waals surface area contributed by atoms with Gasteiger partial charge in [0, 0.05) is 18.0 Å². The van der Waals surface area contributed by atoms with Crippen LogP contribution in [0.1, 0.15) is 33.2 Å². The van der Waals surface area contributed by atoms with Crippen LogP contribution in [-0.4, -0.2) is 23.8 Å². The molecule has 1 aromatic heterocycles. The molecule has 0 radical (unpaired) electrons. The molecule has 2 amide bonds. The summed E-state index contributed by atoms with van der Waals surface area (Å²) in [5.74, 6) is 0.379. The van der Waals surface area contributed by atoms with Crippen LogP contribution in [0.25, 0.3) is 0 Å². The predicted octanol–water partition coefficient (Wildman–Crippen LogP) is 5.69. The van der Waals surface area contributed by atoms with E-state index in [-0.39, 0.29) is 24.8 Å². The Kier molecular flexibility index (Phi) is 8.53. The third-order valence-electron chi connectivity index (χ3n) is 5.98. The van der Waals surface area contributed by atoms with Gasteiger partial charge in [0.05, 0.1) is 13.5 Å². The quantitative estimate of drug-likeness (QED) is 0.305. The first-order valence-corrected chi connectivity index (χ1v) is 12.7. The number of carbonyl (C=O) groups is 2. The van der Waals surface area contributed by atoms with Gasteiger partial charge in [-0.25, -0.2) is 0 Å². The van der Waals surface area contributed by atoms with E-state index in [1.54, 1.807) is 12.0 Å². The highest BCUT2D eigenvalue weighted by molar-refractivity contribution is 7.10. The number of aryl methyl sites for hydroxylation is 1. The highest BCUT2D eigenvalue weighted by Crippen LogP contribution is 2.27. The monoisotopic (exact) mass is 498 g/mol. The maximum atomic E-state index is 13.8. The lowest BCUT2D eigenvalue weighted by Crippen LogP contribution is -2.43. The third-order valence-corrected chi connectivity index (χ3v) is 6.85. The summed E-state index contributed by atoms with van der Waals surface area (Å²) in [5.41, 5.74) is 3.75. The van der Waals surface area contributed by atoms with E-state index in [0.717, 1.165) is 27.1 Å². The first kappa shape index (κ1) is 25.2. The summed E-state index contributed by atoms with van der Waals surface area (Å²) in [6.07, 6.45) is 0.232. The number of rotatable bonds is 10. The molecule has 0 aliphatic rings. The fourth-order valence-corrected chi connectivity index (χ4v) is 4.75. The minimum Gasteiger partial charge on any atom is -0.497 e. The number of amides is 2. The molecule has 3 aromatic carbocycles. The summed E-state index contributed by atoms with van der Waals surface area (Å²) in [5, 5.41) is 5.02. The number of nitrogens with one attached hydrogen (secondary N) is 1. The zero-order chi connectivity index (χ0) is 25.3. The van der Waals surface area contributed by atoms with Crippen molar-refractivity contribution in [1.82, 2.24) is 10.2 Å². The Morgan fingerprint density at radius 3 is 2.36 bits per heavy atom. The van der Waals surface area contributed by atoms with Crippen LogP contribution in [0.5, 0.6) is 5.75 Å². The SMILES string of the molecule is COc1cccc(CN(C(=O)Cc2cccs2)[C@@H](C(=O)NCc2ccccc2)c2ccc(C)cc2)c1. The molecule has 0 aliphatic carbocycles. The maximum absolute atomic E-state index is 13.8. The Bertz CT molecular complexity index is 1270. The minimum absolute atomic E-state index is 0.110. The van der Waals surface area contributed by atoms with Crippen molar-refractivity contribution in [3.05, 3.63) is 124 Å². The Labute approximate surface area is 216 Å². The number of carbonyl (C=O) groups excluding carboxylic acids is 2. The van der Waals surface area contributed by atoms with E-state index < -0.39 is 6.04 Å². The molecule has 6 heteroatoms. The van der Waals surface area contributed by atoms with Gasteiger partial charge in [-0.3, -0.25) is 9.59 Å². The van der Waals surface area contributed by atoms with Gasteiger partial charge in [-0.05, 0) is 47.2 Å². The van der Waals surface area contributed by atoms with Crippen molar-refractivity contribution in [2.45, 2.75) is 32.5 Å². The summed E-state index contributed by atoms with van der Waals surface area (Å²) < 4.78 is 5.39. The Morgan fingerprint density at radius 1 is 0.917 bits per heavy atom. The van der Waals surface area contributed by atoms with Gasteiger partial charge in [0.1, 0.15) is 11.8 Å². The van der Waals surface area contributed by atoms with E-state index in [1.165, 1.54) is 11.3 Å². The second-order valence-electron chi connectivity index (χ2n) is 8.65. The molecular formula is C30H30N2O3S. The van der Waals surface area contributed by atoms with E-state index in [1.807, 2.05) is 103 Å². The van der Waals surface area contributed by atoms with Crippen LogP contribution in [0.2, 0.25) is 0 Å². The van der Waals surface area contributed by atoms with E-state index in [4.69, 9.17) is 4.74 Å². The molecule has 0 bridgehead atoms. The molecule has 4 aromatic rings. The molecule has 0 aliphatic heterocycles. The Morgan fingerprint density at radius 2 is 1.67 bits per heavy atom. The van der Waals surface area contributed by atoms with Crippen molar-refractivity contribution in [3.8, 4) is 5.75 Å². The summed E-state index contributed by atoms with van der Waals surface area (Å²) >= 11 is 1.54. The smallest absolute Gasteiger partial charge is 0.247 e. The lowest BCUT2D eigenvalue weighted by molar-refractivity contribution is -0.141. The average molecular weight is 499 g/mol. The van der Waals surface area contributed by atoms with Gasteiger partial charge in [0.15, 0.2) is 0 Å². The van der Waals surface area contributed by atoms with Gasteiger partial charge < -0.3 is 15.0 Å². The fourth-order valence-electron chi connectivity index (χ4n) is 4.06. The van der Waals surface area contributed by atoms with Gasteiger partial charge >= 0.3 is 0 Å². The molecular weight excluding hydrogens is 468 g/mol. The summed E-state index contributed by atoms with van der Waals surface area (Å²) in [6, 6.07) is 28.3. The molecule has 0 unspecified atom stereocenters. The normalized spacial score (nSPS) is 11.5. The lowest BCUT2D eigenvalue weighted by atomic mass is 10.0. The van der Waals surface area contributed by atoms with Crippen LogP contribution in [0.3, 0.4) is 0 Å². The topological polar surface area (TPSA) is 58.6 Å².